The highest BCUT2D eigenvalue weighted by atomic mass is 16.5. The van der Waals surface area contributed by atoms with Crippen LogP contribution in [0.4, 0.5) is 5.82 Å². The molecule has 1 N–H and O–H groups in total. The number of anilines is 1. The number of pyridine rings is 2. The number of carbonyl (C=O) groups is 1. The Morgan fingerprint density at radius 2 is 1.88 bits per heavy atom. The van der Waals surface area contributed by atoms with Gasteiger partial charge in [-0.1, -0.05) is 0 Å². The molecule has 2 fully saturated rings. The van der Waals surface area contributed by atoms with Crippen LogP contribution in [-0.4, -0.2) is 50.8 Å². The van der Waals surface area contributed by atoms with Crippen molar-refractivity contribution in [2.24, 2.45) is 18.4 Å². The molecule has 0 radical (unpaired) electrons. The number of methoxy groups -OCH3 is 1. The van der Waals surface area contributed by atoms with Crippen molar-refractivity contribution in [1.29, 1.82) is 0 Å². The molecule has 1 aliphatic carbocycles. The van der Waals surface area contributed by atoms with Gasteiger partial charge in [-0.2, -0.15) is 4.98 Å². The number of ether oxygens (including phenoxy) is 1. The van der Waals surface area contributed by atoms with Gasteiger partial charge in [-0.3, -0.25) is 4.79 Å². The Balaban J connectivity index is 1.24. The van der Waals surface area contributed by atoms with E-state index in [0.717, 1.165) is 80.0 Å². The highest BCUT2D eigenvalue weighted by Crippen LogP contribution is 2.47. The first-order valence-corrected chi connectivity index (χ1v) is 11.8. The zero-order valence-electron chi connectivity index (χ0n) is 19.3. The van der Waals surface area contributed by atoms with Crippen LogP contribution in [0.5, 0.6) is 5.88 Å². The Morgan fingerprint density at radius 1 is 1.12 bits per heavy atom. The molecule has 0 bridgehead atoms. The molecular formula is C25H31N5O3. The Hall–Kier alpha value is -3.16. The van der Waals surface area contributed by atoms with E-state index < -0.39 is 5.97 Å². The first-order valence-electron chi connectivity index (χ1n) is 11.8. The van der Waals surface area contributed by atoms with Gasteiger partial charge in [0.2, 0.25) is 5.88 Å². The quantitative estimate of drug-likeness (QED) is 0.621. The number of aromatic nitrogens is 4. The van der Waals surface area contributed by atoms with Crippen LogP contribution in [0.15, 0.2) is 30.5 Å². The number of carboxylic acid groups (broad SMARTS) is 1. The maximum atomic E-state index is 11.0. The molecule has 3 aromatic rings. The standard InChI is InChI=1S/C25H31N5O3/c1-29-23(27-19-4-6-21(33-2)28-24(19)29)18-3-5-20(26-16-18)30-13-11-25(12-14-30)9-7-17(8-10-25)15-22(31)32/h3-6,16-17H,7-15H2,1-2H3,(H,31,32). The molecule has 1 saturated carbocycles. The van der Waals surface area contributed by atoms with Crippen molar-refractivity contribution in [3.63, 3.8) is 0 Å². The summed E-state index contributed by atoms with van der Waals surface area (Å²) in [5, 5.41) is 9.07. The zero-order valence-corrected chi connectivity index (χ0v) is 19.3. The summed E-state index contributed by atoms with van der Waals surface area (Å²) < 4.78 is 7.22. The minimum atomic E-state index is -0.657. The summed E-state index contributed by atoms with van der Waals surface area (Å²) in [6.07, 6.45) is 8.98. The Labute approximate surface area is 193 Å². The van der Waals surface area contributed by atoms with Gasteiger partial charge in [-0.15, -0.1) is 0 Å². The topological polar surface area (TPSA) is 93.4 Å². The minimum absolute atomic E-state index is 0.327. The number of aliphatic carboxylic acids is 1. The van der Waals surface area contributed by atoms with E-state index in [0.29, 0.717) is 23.6 Å². The summed E-state index contributed by atoms with van der Waals surface area (Å²) in [5.41, 5.74) is 2.97. The summed E-state index contributed by atoms with van der Waals surface area (Å²) >= 11 is 0. The van der Waals surface area contributed by atoms with E-state index in [4.69, 9.17) is 19.8 Å². The van der Waals surface area contributed by atoms with Gasteiger partial charge < -0.3 is 19.3 Å². The summed E-state index contributed by atoms with van der Waals surface area (Å²) in [6, 6.07) is 7.92. The monoisotopic (exact) mass is 449 g/mol. The molecule has 0 aromatic carbocycles. The number of nitrogens with zero attached hydrogens (tertiary/aromatic N) is 5. The van der Waals surface area contributed by atoms with Crippen molar-refractivity contribution < 1.29 is 14.6 Å². The number of hydrogen-bond acceptors (Lipinski definition) is 6. The van der Waals surface area contributed by atoms with E-state index in [2.05, 4.69) is 22.0 Å². The number of aryl methyl sites for hydroxylation is 1. The molecule has 8 nitrogen and oxygen atoms in total. The molecule has 174 valence electrons. The summed E-state index contributed by atoms with van der Waals surface area (Å²) in [4.78, 5) is 27.4. The number of imidazole rings is 1. The first kappa shape index (κ1) is 21.7. The maximum Gasteiger partial charge on any atom is 0.303 e. The number of rotatable bonds is 5. The number of carboxylic acids is 1. The Bertz CT molecular complexity index is 1140. The van der Waals surface area contributed by atoms with E-state index in [1.807, 2.05) is 29.9 Å². The molecule has 0 atom stereocenters. The van der Waals surface area contributed by atoms with Crippen LogP contribution < -0.4 is 9.64 Å². The first-order chi connectivity index (χ1) is 16.0. The van der Waals surface area contributed by atoms with Gasteiger partial charge >= 0.3 is 5.97 Å². The lowest BCUT2D eigenvalue weighted by molar-refractivity contribution is -0.138. The van der Waals surface area contributed by atoms with E-state index in [-0.39, 0.29) is 0 Å². The minimum Gasteiger partial charge on any atom is -0.481 e. The van der Waals surface area contributed by atoms with Gasteiger partial charge in [-0.25, -0.2) is 9.97 Å². The third-order valence-electron chi connectivity index (χ3n) is 7.68. The number of hydrogen-bond donors (Lipinski definition) is 1. The molecule has 0 unspecified atom stereocenters. The summed E-state index contributed by atoms with van der Waals surface area (Å²) in [5.74, 6) is 2.12. The largest absolute Gasteiger partial charge is 0.481 e. The highest BCUT2D eigenvalue weighted by molar-refractivity contribution is 5.77. The molecule has 0 amide bonds. The summed E-state index contributed by atoms with van der Waals surface area (Å²) in [6.45, 7) is 2.01. The van der Waals surface area contributed by atoms with Crippen molar-refractivity contribution in [2.45, 2.75) is 44.9 Å². The van der Waals surface area contributed by atoms with Gasteiger partial charge in [0.15, 0.2) is 5.65 Å². The smallest absolute Gasteiger partial charge is 0.303 e. The second-order valence-corrected chi connectivity index (χ2v) is 9.62. The Kier molecular flexibility index (Phi) is 5.68. The maximum absolute atomic E-state index is 11.0. The van der Waals surface area contributed by atoms with Crippen molar-refractivity contribution >= 4 is 23.0 Å². The van der Waals surface area contributed by atoms with Crippen LogP contribution in [0.1, 0.15) is 44.9 Å². The molecule has 4 heterocycles. The SMILES string of the molecule is COc1ccc2nc(-c3ccc(N4CCC5(CCC(CC(=O)O)CC5)CC4)nc3)n(C)c2n1. The van der Waals surface area contributed by atoms with Crippen LogP contribution >= 0.6 is 0 Å². The lowest BCUT2D eigenvalue weighted by Gasteiger charge is -2.46. The molecule has 8 heteroatoms. The lowest BCUT2D eigenvalue weighted by Crippen LogP contribution is -2.42. The number of fused-ring (bicyclic) bond motifs is 1. The normalized spacial score (nSPS) is 18.7. The molecule has 5 rings (SSSR count). The fourth-order valence-electron chi connectivity index (χ4n) is 5.58. The van der Waals surface area contributed by atoms with Gasteiger partial charge in [-0.05, 0) is 68.1 Å². The average Bonchev–Trinajstić information content (AvgIpc) is 3.17. The molecule has 1 saturated heterocycles. The second-order valence-electron chi connectivity index (χ2n) is 9.62. The van der Waals surface area contributed by atoms with E-state index in [1.54, 1.807) is 7.11 Å². The Morgan fingerprint density at radius 3 is 2.52 bits per heavy atom. The predicted octanol–water partition coefficient (Wildman–Crippen LogP) is 4.29. The van der Waals surface area contributed by atoms with Crippen molar-refractivity contribution in [2.75, 3.05) is 25.1 Å². The van der Waals surface area contributed by atoms with Crippen molar-refractivity contribution in [3.05, 3.63) is 30.5 Å². The molecule has 2 aliphatic rings. The van der Waals surface area contributed by atoms with Crippen molar-refractivity contribution in [1.82, 2.24) is 19.5 Å². The van der Waals surface area contributed by atoms with Crippen molar-refractivity contribution in [3.8, 4) is 17.3 Å². The molecule has 3 aromatic heterocycles. The van der Waals surface area contributed by atoms with E-state index in [9.17, 15) is 4.79 Å². The average molecular weight is 450 g/mol. The second kappa shape index (κ2) is 8.65. The van der Waals surface area contributed by atoms with E-state index >= 15 is 0 Å². The van der Waals surface area contributed by atoms with E-state index in [1.165, 1.54) is 0 Å². The van der Waals surface area contributed by atoms with Crippen LogP contribution in [0.2, 0.25) is 0 Å². The van der Waals surface area contributed by atoms with Crippen LogP contribution in [0.3, 0.4) is 0 Å². The van der Waals surface area contributed by atoms with Gasteiger partial charge in [0.1, 0.15) is 17.2 Å². The fourth-order valence-corrected chi connectivity index (χ4v) is 5.58. The molecule has 1 aliphatic heterocycles. The fraction of sp³-hybridized carbons (Fsp3) is 0.520. The summed E-state index contributed by atoms with van der Waals surface area (Å²) in [7, 11) is 3.57. The van der Waals surface area contributed by atoms with Crippen LogP contribution in [0, 0.1) is 11.3 Å². The van der Waals surface area contributed by atoms with Crippen LogP contribution in [-0.2, 0) is 11.8 Å². The third-order valence-corrected chi connectivity index (χ3v) is 7.68. The number of piperidine rings is 1. The lowest BCUT2D eigenvalue weighted by atomic mass is 9.65. The van der Waals surface area contributed by atoms with Crippen LogP contribution in [0.25, 0.3) is 22.6 Å². The molecule has 1 spiro atoms. The van der Waals surface area contributed by atoms with Gasteiger partial charge in [0.25, 0.3) is 0 Å². The van der Waals surface area contributed by atoms with Gasteiger partial charge in [0, 0.05) is 44.4 Å². The third kappa shape index (κ3) is 4.26. The zero-order chi connectivity index (χ0) is 23.0. The predicted molar refractivity (Wildman–Crippen MR) is 126 cm³/mol. The van der Waals surface area contributed by atoms with Gasteiger partial charge in [0.05, 0.1) is 7.11 Å². The highest BCUT2D eigenvalue weighted by Gasteiger charge is 2.38. The molecular weight excluding hydrogens is 418 g/mol. The molecule has 33 heavy (non-hydrogen) atoms.